The Bertz CT molecular complexity index is 579. The highest BCUT2D eigenvalue weighted by atomic mass is 16.3. The average Bonchev–Trinajstić information content (AvgIpc) is 2.82. The van der Waals surface area contributed by atoms with Gasteiger partial charge in [0.25, 0.3) is 0 Å². The van der Waals surface area contributed by atoms with E-state index in [2.05, 4.69) is 15.4 Å². The molecule has 0 saturated heterocycles. The molecule has 1 aliphatic rings. The molecule has 0 fully saturated rings. The smallest absolute Gasteiger partial charge is 0.164 e. The van der Waals surface area contributed by atoms with E-state index in [1.807, 2.05) is 19.2 Å². The van der Waals surface area contributed by atoms with Gasteiger partial charge < -0.3 is 10.4 Å². The molecule has 2 N–H and O–H groups in total. The molecule has 0 radical (unpaired) electrons. The maximum Gasteiger partial charge on any atom is 0.164 e. The first-order valence-corrected chi connectivity index (χ1v) is 6.62. The third kappa shape index (κ3) is 2.61. The molecule has 0 spiro atoms. The minimum Gasteiger partial charge on any atom is -0.508 e. The molecule has 1 aromatic heterocycles. The Morgan fingerprint density at radius 2 is 2.37 bits per heavy atom. The number of rotatable bonds is 3. The van der Waals surface area contributed by atoms with Gasteiger partial charge in [-0.15, -0.1) is 0 Å². The van der Waals surface area contributed by atoms with Crippen molar-refractivity contribution in [3.63, 3.8) is 0 Å². The first-order valence-electron chi connectivity index (χ1n) is 6.62. The lowest BCUT2D eigenvalue weighted by atomic mass is 9.87. The summed E-state index contributed by atoms with van der Waals surface area (Å²) in [6, 6.07) is 5.94. The van der Waals surface area contributed by atoms with Crippen LogP contribution in [0.5, 0.6) is 5.75 Å². The summed E-state index contributed by atoms with van der Waals surface area (Å²) < 4.78 is 1.71. The van der Waals surface area contributed by atoms with Gasteiger partial charge in [-0.25, -0.2) is 4.98 Å². The minimum absolute atomic E-state index is 0.277. The summed E-state index contributed by atoms with van der Waals surface area (Å²) in [5, 5.41) is 17.4. The monoisotopic (exact) mass is 258 g/mol. The van der Waals surface area contributed by atoms with Crippen molar-refractivity contribution in [2.24, 2.45) is 7.05 Å². The Balaban J connectivity index is 1.74. The van der Waals surface area contributed by atoms with Crippen molar-refractivity contribution in [2.45, 2.75) is 31.8 Å². The number of aryl methyl sites for hydroxylation is 2. The van der Waals surface area contributed by atoms with E-state index < -0.39 is 0 Å². The topological polar surface area (TPSA) is 63.0 Å². The fourth-order valence-electron chi connectivity index (χ4n) is 2.68. The second kappa shape index (κ2) is 5.01. The normalized spacial score (nSPS) is 18.3. The van der Waals surface area contributed by atoms with Gasteiger partial charge in [0.15, 0.2) is 5.82 Å². The Kier molecular flexibility index (Phi) is 3.21. The van der Waals surface area contributed by atoms with Gasteiger partial charge in [0, 0.05) is 13.1 Å². The van der Waals surface area contributed by atoms with E-state index in [0.717, 1.165) is 18.7 Å². The Labute approximate surface area is 112 Å². The van der Waals surface area contributed by atoms with E-state index in [0.29, 0.717) is 12.3 Å². The number of benzene rings is 1. The molecule has 1 atom stereocenters. The number of fused-ring (bicyclic) bond motifs is 1. The fourth-order valence-corrected chi connectivity index (χ4v) is 2.68. The predicted molar refractivity (Wildman–Crippen MR) is 71.6 cm³/mol. The minimum atomic E-state index is 0.277. The predicted octanol–water partition coefficient (Wildman–Crippen LogP) is 1.69. The lowest BCUT2D eigenvalue weighted by Crippen LogP contribution is -2.25. The van der Waals surface area contributed by atoms with Crippen LogP contribution in [-0.2, 0) is 20.0 Å². The Hall–Kier alpha value is -1.88. The lowest BCUT2D eigenvalue weighted by Gasteiger charge is -2.26. The Morgan fingerprint density at radius 1 is 1.47 bits per heavy atom. The molecule has 1 heterocycles. The second-order valence-electron chi connectivity index (χ2n) is 5.04. The van der Waals surface area contributed by atoms with Gasteiger partial charge in [0.2, 0.25) is 0 Å². The summed E-state index contributed by atoms with van der Waals surface area (Å²) >= 11 is 0. The van der Waals surface area contributed by atoms with Crippen LogP contribution in [0.4, 0.5) is 0 Å². The molecule has 19 heavy (non-hydrogen) atoms. The molecule has 2 aromatic rings. The number of hydrogen-bond donors (Lipinski definition) is 2. The van der Waals surface area contributed by atoms with Crippen molar-refractivity contribution in [1.29, 1.82) is 0 Å². The number of phenols is 1. The van der Waals surface area contributed by atoms with Crippen molar-refractivity contribution in [3.8, 4) is 5.75 Å². The number of nitrogens with one attached hydrogen (secondary N) is 1. The van der Waals surface area contributed by atoms with Gasteiger partial charge >= 0.3 is 0 Å². The SMILES string of the molecule is Cn1cnc(CNC2CCCc3ccc(O)cc32)n1. The Morgan fingerprint density at radius 3 is 3.16 bits per heavy atom. The molecule has 100 valence electrons. The fraction of sp³-hybridized carbons (Fsp3) is 0.429. The van der Waals surface area contributed by atoms with E-state index in [-0.39, 0.29) is 6.04 Å². The number of aromatic nitrogens is 3. The molecule has 3 rings (SSSR count). The standard InChI is InChI=1S/C14H18N4O/c1-18-9-16-14(17-18)8-15-13-4-2-3-10-5-6-11(19)7-12(10)13/h5-7,9,13,15,19H,2-4,8H2,1H3. The van der Waals surface area contributed by atoms with Crippen LogP contribution in [0, 0.1) is 0 Å². The van der Waals surface area contributed by atoms with Crippen molar-refractivity contribution < 1.29 is 5.11 Å². The van der Waals surface area contributed by atoms with Gasteiger partial charge in [-0.05, 0) is 42.5 Å². The van der Waals surface area contributed by atoms with Crippen LogP contribution < -0.4 is 5.32 Å². The van der Waals surface area contributed by atoms with Gasteiger partial charge in [-0.3, -0.25) is 4.68 Å². The summed E-state index contributed by atoms with van der Waals surface area (Å²) in [7, 11) is 1.87. The van der Waals surface area contributed by atoms with Crippen LogP contribution in [0.2, 0.25) is 0 Å². The highest BCUT2D eigenvalue weighted by Gasteiger charge is 2.20. The van der Waals surface area contributed by atoms with Crippen LogP contribution in [0.1, 0.15) is 35.8 Å². The summed E-state index contributed by atoms with van der Waals surface area (Å²) in [6.07, 6.45) is 5.06. The zero-order chi connectivity index (χ0) is 13.2. The number of phenolic OH excluding ortho intramolecular Hbond substituents is 1. The molecular formula is C14H18N4O. The van der Waals surface area contributed by atoms with Crippen molar-refractivity contribution in [2.75, 3.05) is 0 Å². The largest absolute Gasteiger partial charge is 0.508 e. The van der Waals surface area contributed by atoms with Crippen molar-refractivity contribution in [1.82, 2.24) is 20.1 Å². The van der Waals surface area contributed by atoms with E-state index in [4.69, 9.17) is 0 Å². The maximum absolute atomic E-state index is 9.64. The summed E-state index contributed by atoms with van der Waals surface area (Å²) in [6.45, 7) is 0.653. The first kappa shape index (κ1) is 12.2. The highest BCUT2D eigenvalue weighted by molar-refractivity contribution is 5.38. The van der Waals surface area contributed by atoms with Crippen molar-refractivity contribution >= 4 is 0 Å². The van der Waals surface area contributed by atoms with Crippen LogP contribution >= 0.6 is 0 Å². The molecule has 5 heteroatoms. The quantitative estimate of drug-likeness (QED) is 0.879. The highest BCUT2D eigenvalue weighted by Crippen LogP contribution is 2.32. The van der Waals surface area contributed by atoms with Crippen LogP contribution in [0.3, 0.4) is 0 Å². The number of hydrogen-bond acceptors (Lipinski definition) is 4. The zero-order valence-corrected chi connectivity index (χ0v) is 11.0. The molecule has 1 aliphatic carbocycles. The zero-order valence-electron chi connectivity index (χ0n) is 11.0. The lowest BCUT2D eigenvalue weighted by molar-refractivity contribution is 0.441. The molecule has 0 aliphatic heterocycles. The van der Waals surface area contributed by atoms with Gasteiger partial charge in [-0.1, -0.05) is 6.07 Å². The molecule has 0 bridgehead atoms. The maximum atomic E-state index is 9.64. The van der Waals surface area contributed by atoms with E-state index in [1.54, 1.807) is 17.1 Å². The van der Waals surface area contributed by atoms with Crippen molar-refractivity contribution in [3.05, 3.63) is 41.5 Å². The average molecular weight is 258 g/mol. The van der Waals surface area contributed by atoms with Gasteiger partial charge in [0.05, 0.1) is 6.54 Å². The molecule has 0 amide bonds. The molecule has 0 saturated carbocycles. The van der Waals surface area contributed by atoms with E-state index >= 15 is 0 Å². The molecule has 1 aromatic carbocycles. The van der Waals surface area contributed by atoms with E-state index in [1.165, 1.54) is 17.5 Å². The van der Waals surface area contributed by atoms with Crippen LogP contribution in [0.15, 0.2) is 24.5 Å². The second-order valence-corrected chi connectivity index (χ2v) is 5.04. The first-order chi connectivity index (χ1) is 9.22. The summed E-state index contributed by atoms with van der Waals surface area (Å²) in [5.41, 5.74) is 2.54. The van der Waals surface area contributed by atoms with Gasteiger partial charge in [0.1, 0.15) is 12.1 Å². The molecule has 5 nitrogen and oxygen atoms in total. The summed E-state index contributed by atoms with van der Waals surface area (Å²) in [5.74, 6) is 1.14. The third-order valence-electron chi connectivity index (χ3n) is 3.60. The molecular weight excluding hydrogens is 240 g/mol. The summed E-state index contributed by atoms with van der Waals surface area (Å²) in [4.78, 5) is 4.21. The van der Waals surface area contributed by atoms with Gasteiger partial charge in [-0.2, -0.15) is 5.10 Å². The molecule has 1 unspecified atom stereocenters. The van der Waals surface area contributed by atoms with Crippen LogP contribution in [-0.4, -0.2) is 19.9 Å². The third-order valence-corrected chi connectivity index (χ3v) is 3.60. The number of nitrogens with zero attached hydrogens (tertiary/aromatic N) is 3. The van der Waals surface area contributed by atoms with Crippen LogP contribution in [0.25, 0.3) is 0 Å². The number of aromatic hydroxyl groups is 1. The van der Waals surface area contributed by atoms with E-state index in [9.17, 15) is 5.11 Å².